The van der Waals surface area contributed by atoms with Crippen LogP contribution in [0.4, 0.5) is 14.5 Å². The van der Waals surface area contributed by atoms with Crippen molar-refractivity contribution in [3.05, 3.63) is 29.3 Å². The number of carbonyl (C=O) groups is 1. The first-order valence-corrected chi connectivity index (χ1v) is 6.54. The molecule has 0 bridgehead atoms. The zero-order valence-electron chi connectivity index (χ0n) is 11.6. The summed E-state index contributed by atoms with van der Waals surface area (Å²) in [5.41, 5.74) is -0.494. The molecule has 1 aromatic carbocycles. The van der Waals surface area contributed by atoms with Crippen LogP contribution < -0.4 is 4.90 Å². The van der Waals surface area contributed by atoms with Crippen molar-refractivity contribution in [1.82, 2.24) is 4.90 Å². The van der Waals surface area contributed by atoms with Gasteiger partial charge in [-0.2, -0.15) is 0 Å². The molecule has 1 saturated heterocycles. The number of halogens is 2. The molecule has 0 radical (unpaired) electrons. The van der Waals surface area contributed by atoms with Crippen molar-refractivity contribution >= 4 is 11.7 Å². The lowest BCUT2D eigenvalue weighted by molar-refractivity contribution is 0.0695. The molecule has 1 unspecified atom stereocenters. The summed E-state index contributed by atoms with van der Waals surface area (Å²) in [7, 11) is 3.88. The van der Waals surface area contributed by atoms with Crippen molar-refractivity contribution in [3.8, 4) is 0 Å². The molecule has 4 nitrogen and oxygen atoms in total. The standard InChI is InChI=1S/C14H18F2N2O2/c1-17(2)10-4-3-5-18(8-10)13-11(15)6-9(14(19)20)7-12(13)16/h6-7,10H,3-5,8H2,1-2H3,(H,19,20). The highest BCUT2D eigenvalue weighted by Gasteiger charge is 2.26. The molecule has 1 N–H and O–H groups in total. The zero-order valence-corrected chi connectivity index (χ0v) is 11.6. The van der Waals surface area contributed by atoms with Gasteiger partial charge >= 0.3 is 5.97 Å². The van der Waals surface area contributed by atoms with Crippen LogP contribution in [0.1, 0.15) is 23.2 Å². The third-order valence-electron chi connectivity index (χ3n) is 3.71. The largest absolute Gasteiger partial charge is 0.478 e. The summed E-state index contributed by atoms with van der Waals surface area (Å²) in [5.74, 6) is -2.97. The van der Waals surface area contributed by atoms with Crippen LogP contribution in [0.15, 0.2) is 12.1 Å². The maximum absolute atomic E-state index is 14.0. The fraction of sp³-hybridized carbons (Fsp3) is 0.500. The second-order valence-electron chi connectivity index (χ2n) is 5.30. The van der Waals surface area contributed by atoms with Crippen molar-refractivity contribution < 1.29 is 18.7 Å². The Balaban J connectivity index is 2.30. The molecule has 1 atom stereocenters. The van der Waals surface area contributed by atoms with Gasteiger partial charge in [0.25, 0.3) is 0 Å². The zero-order chi connectivity index (χ0) is 14.9. The number of carboxylic acids is 1. The van der Waals surface area contributed by atoms with Gasteiger partial charge in [-0.05, 0) is 39.1 Å². The molecule has 20 heavy (non-hydrogen) atoms. The molecule has 6 heteroatoms. The molecular formula is C14H18F2N2O2. The van der Waals surface area contributed by atoms with Crippen LogP contribution in [0.3, 0.4) is 0 Å². The van der Waals surface area contributed by atoms with Crippen LogP contribution in [0.2, 0.25) is 0 Å². The van der Waals surface area contributed by atoms with Crippen LogP contribution in [-0.4, -0.2) is 49.2 Å². The van der Waals surface area contributed by atoms with Crippen molar-refractivity contribution in [3.63, 3.8) is 0 Å². The highest BCUT2D eigenvalue weighted by Crippen LogP contribution is 2.28. The lowest BCUT2D eigenvalue weighted by atomic mass is 10.0. The lowest BCUT2D eigenvalue weighted by Crippen LogP contribution is -2.45. The number of anilines is 1. The van der Waals surface area contributed by atoms with Crippen LogP contribution in [0, 0.1) is 11.6 Å². The summed E-state index contributed by atoms with van der Waals surface area (Å²) < 4.78 is 28.1. The van der Waals surface area contributed by atoms with E-state index < -0.39 is 17.6 Å². The van der Waals surface area contributed by atoms with Gasteiger partial charge < -0.3 is 14.9 Å². The Labute approximate surface area is 116 Å². The van der Waals surface area contributed by atoms with Gasteiger partial charge in [0.2, 0.25) is 0 Å². The van der Waals surface area contributed by atoms with E-state index in [-0.39, 0.29) is 17.3 Å². The number of benzene rings is 1. The molecule has 1 fully saturated rings. The second kappa shape index (κ2) is 5.75. The Morgan fingerprint density at radius 3 is 2.45 bits per heavy atom. The summed E-state index contributed by atoms with van der Waals surface area (Å²) in [6, 6.07) is 1.99. The van der Waals surface area contributed by atoms with Gasteiger partial charge in [-0.15, -0.1) is 0 Å². The smallest absolute Gasteiger partial charge is 0.335 e. The van der Waals surface area contributed by atoms with Crippen molar-refractivity contribution in [2.75, 3.05) is 32.1 Å². The van der Waals surface area contributed by atoms with Crippen molar-refractivity contribution in [1.29, 1.82) is 0 Å². The first-order chi connectivity index (χ1) is 9.40. The van der Waals surface area contributed by atoms with E-state index in [1.54, 1.807) is 4.90 Å². The topological polar surface area (TPSA) is 43.8 Å². The minimum atomic E-state index is -1.33. The van der Waals surface area contributed by atoms with Crippen LogP contribution in [-0.2, 0) is 0 Å². The number of carboxylic acid groups (broad SMARTS) is 1. The molecule has 1 aromatic rings. The first-order valence-electron chi connectivity index (χ1n) is 6.54. The molecule has 2 rings (SSSR count). The maximum atomic E-state index is 14.0. The number of likely N-dealkylation sites (N-methyl/N-ethyl adjacent to an activating group) is 1. The van der Waals surface area contributed by atoms with Crippen LogP contribution >= 0.6 is 0 Å². The molecule has 1 aliphatic heterocycles. The third-order valence-corrected chi connectivity index (χ3v) is 3.71. The summed E-state index contributed by atoms with van der Waals surface area (Å²) in [6.07, 6.45) is 1.84. The monoisotopic (exact) mass is 284 g/mol. The summed E-state index contributed by atoms with van der Waals surface area (Å²) in [5, 5.41) is 8.80. The van der Waals surface area contributed by atoms with Crippen LogP contribution in [0.5, 0.6) is 0 Å². The maximum Gasteiger partial charge on any atom is 0.335 e. The Bertz CT molecular complexity index is 497. The number of hydrogen-bond acceptors (Lipinski definition) is 3. The molecule has 0 amide bonds. The second-order valence-corrected chi connectivity index (χ2v) is 5.30. The van der Waals surface area contributed by atoms with Crippen molar-refractivity contribution in [2.24, 2.45) is 0 Å². The van der Waals surface area contributed by atoms with E-state index in [0.29, 0.717) is 13.1 Å². The van der Waals surface area contributed by atoms with Gasteiger partial charge in [0.05, 0.1) is 5.56 Å². The Hall–Kier alpha value is -1.69. The van der Waals surface area contributed by atoms with Crippen LogP contribution in [0.25, 0.3) is 0 Å². The molecule has 1 aliphatic rings. The number of nitrogens with zero attached hydrogens (tertiary/aromatic N) is 2. The molecular weight excluding hydrogens is 266 g/mol. The molecule has 0 aromatic heterocycles. The Morgan fingerprint density at radius 1 is 1.35 bits per heavy atom. The van der Waals surface area contributed by atoms with Gasteiger partial charge in [-0.25, -0.2) is 13.6 Å². The number of aromatic carboxylic acids is 1. The first kappa shape index (κ1) is 14.7. The molecule has 110 valence electrons. The SMILES string of the molecule is CN(C)C1CCCN(c2c(F)cc(C(=O)O)cc2F)C1. The van der Waals surface area contributed by atoms with E-state index in [2.05, 4.69) is 0 Å². The molecule has 1 heterocycles. The predicted octanol–water partition coefficient (Wildman–Crippen LogP) is 2.19. The van der Waals surface area contributed by atoms with E-state index in [1.165, 1.54) is 0 Å². The minimum Gasteiger partial charge on any atom is -0.478 e. The van der Waals surface area contributed by atoms with Gasteiger partial charge in [-0.3, -0.25) is 0 Å². The molecule has 0 saturated carbocycles. The summed E-state index contributed by atoms with van der Waals surface area (Å²) in [4.78, 5) is 14.5. The van der Waals surface area contributed by atoms with E-state index >= 15 is 0 Å². The van der Waals surface area contributed by atoms with E-state index in [9.17, 15) is 13.6 Å². The van der Waals surface area contributed by atoms with Gasteiger partial charge in [0, 0.05) is 19.1 Å². The average Bonchev–Trinajstić information content (AvgIpc) is 2.38. The normalized spacial score (nSPS) is 19.4. The summed E-state index contributed by atoms with van der Waals surface area (Å²) in [6.45, 7) is 1.11. The Morgan fingerprint density at radius 2 is 1.95 bits per heavy atom. The quantitative estimate of drug-likeness (QED) is 0.924. The third kappa shape index (κ3) is 2.90. The van der Waals surface area contributed by atoms with Crippen molar-refractivity contribution in [2.45, 2.75) is 18.9 Å². The average molecular weight is 284 g/mol. The Kier molecular flexibility index (Phi) is 4.23. The molecule has 0 spiro atoms. The highest BCUT2D eigenvalue weighted by atomic mass is 19.1. The van der Waals surface area contributed by atoms with Gasteiger partial charge in [-0.1, -0.05) is 0 Å². The lowest BCUT2D eigenvalue weighted by Gasteiger charge is -2.37. The number of rotatable bonds is 3. The minimum absolute atomic E-state index is 0.124. The van der Waals surface area contributed by atoms with E-state index in [4.69, 9.17) is 5.11 Å². The predicted molar refractivity (Wildman–Crippen MR) is 72.2 cm³/mol. The number of hydrogen-bond donors (Lipinski definition) is 1. The van der Waals surface area contributed by atoms with E-state index in [0.717, 1.165) is 25.0 Å². The fourth-order valence-corrected chi connectivity index (χ4v) is 2.57. The molecule has 0 aliphatic carbocycles. The highest BCUT2D eigenvalue weighted by molar-refractivity contribution is 5.88. The number of piperidine rings is 1. The summed E-state index contributed by atoms with van der Waals surface area (Å²) >= 11 is 0. The van der Waals surface area contributed by atoms with Gasteiger partial charge in [0.15, 0.2) is 0 Å². The van der Waals surface area contributed by atoms with E-state index in [1.807, 2.05) is 19.0 Å². The fourth-order valence-electron chi connectivity index (χ4n) is 2.57. The van der Waals surface area contributed by atoms with Gasteiger partial charge in [0.1, 0.15) is 17.3 Å².